The van der Waals surface area contributed by atoms with Crippen LogP contribution in [0.15, 0.2) is 60.9 Å². The molecular weight excluding hydrogens is 392 g/mol. The van der Waals surface area contributed by atoms with E-state index in [-0.39, 0.29) is 11.4 Å². The van der Waals surface area contributed by atoms with Gasteiger partial charge in [-0.3, -0.25) is 4.79 Å². The maximum Gasteiger partial charge on any atom is 0.254 e. The molecule has 2 aromatic heterocycles. The van der Waals surface area contributed by atoms with Crippen molar-refractivity contribution in [2.75, 3.05) is 45.4 Å². The molecule has 1 fully saturated rings. The lowest BCUT2D eigenvalue weighted by Gasteiger charge is -2.47. The van der Waals surface area contributed by atoms with Gasteiger partial charge in [-0.1, -0.05) is 6.07 Å². The SMILES string of the molecule is COCCN1c2cccnc2-n2cccc2[C@]12CCN(C(=O)c1cccc(OC)c1)C2. The molecule has 160 valence electrons. The smallest absolute Gasteiger partial charge is 0.254 e. The van der Waals surface area contributed by atoms with Gasteiger partial charge in [0, 0.05) is 44.7 Å². The molecule has 0 aliphatic carbocycles. The number of methoxy groups -OCH3 is 2. The van der Waals surface area contributed by atoms with Crippen molar-refractivity contribution in [3.8, 4) is 11.6 Å². The lowest BCUT2D eigenvalue weighted by Crippen LogP contribution is -2.53. The Morgan fingerprint density at radius 2 is 2.06 bits per heavy atom. The van der Waals surface area contributed by atoms with Crippen molar-refractivity contribution >= 4 is 11.6 Å². The molecule has 7 nitrogen and oxygen atoms in total. The van der Waals surface area contributed by atoms with Gasteiger partial charge in [0.1, 0.15) is 11.3 Å². The number of pyridine rings is 1. The van der Waals surface area contributed by atoms with Crippen molar-refractivity contribution in [2.45, 2.75) is 12.0 Å². The Morgan fingerprint density at radius 1 is 1.16 bits per heavy atom. The second-order valence-corrected chi connectivity index (χ2v) is 7.99. The Hall–Kier alpha value is -3.32. The highest BCUT2D eigenvalue weighted by molar-refractivity contribution is 5.95. The minimum Gasteiger partial charge on any atom is -0.497 e. The molecule has 1 spiro atoms. The predicted octanol–water partition coefficient (Wildman–Crippen LogP) is 3.09. The maximum atomic E-state index is 13.4. The van der Waals surface area contributed by atoms with Gasteiger partial charge in [-0.2, -0.15) is 0 Å². The number of amides is 1. The Labute approximate surface area is 181 Å². The van der Waals surface area contributed by atoms with E-state index in [4.69, 9.17) is 9.47 Å². The fraction of sp³-hybridized carbons (Fsp3) is 0.333. The van der Waals surface area contributed by atoms with Gasteiger partial charge in [0.15, 0.2) is 5.82 Å². The molecule has 1 atom stereocenters. The zero-order valence-corrected chi connectivity index (χ0v) is 17.8. The first-order valence-electron chi connectivity index (χ1n) is 10.5. The van der Waals surface area contributed by atoms with Crippen LogP contribution in [-0.4, -0.2) is 60.8 Å². The number of hydrogen-bond acceptors (Lipinski definition) is 5. The summed E-state index contributed by atoms with van der Waals surface area (Å²) in [5, 5.41) is 0. The number of aromatic nitrogens is 2. The number of likely N-dealkylation sites (tertiary alicyclic amines) is 1. The average Bonchev–Trinajstić information content (AvgIpc) is 3.48. The van der Waals surface area contributed by atoms with Crippen LogP contribution in [0.4, 0.5) is 5.69 Å². The summed E-state index contributed by atoms with van der Waals surface area (Å²) in [7, 11) is 3.33. The fourth-order valence-corrected chi connectivity index (χ4v) is 4.95. The van der Waals surface area contributed by atoms with Crippen LogP contribution >= 0.6 is 0 Å². The second-order valence-electron chi connectivity index (χ2n) is 7.99. The molecule has 2 aliphatic heterocycles. The summed E-state index contributed by atoms with van der Waals surface area (Å²) in [6.07, 6.45) is 4.72. The van der Waals surface area contributed by atoms with Crippen molar-refractivity contribution in [1.82, 2.24) is 14.5 Å². The van der Waals surface area contributed by atoms with E-state index in [0.29, 0.717) is 31.0 Å². The van der Waals surface area contributed by atoms with Crippen LogP contribution in [0.2, 0.25) is 0 Å². The van der Waals surface area contributed by atoms with Gasteiger partial charge in [0.05, 0.1) is 25.1 Å². The molecule has 3 aromatic rings. The lowest BCUT2D eigenvalue weighted by atomic mass is 9.89. The summed E-state index contributed by atoms with van der Waals surface area (Å²) in [6.45, 7) is 2.60. The third kappa shape index (κ3) is 3.08. The van der Waals surface area contributed by atoms with E-state index in [0.717, 1.165) is 30.2 Å². The topological polar surface area (TPSA) is 59.8 Å². The molecule has 5 rings (SSSR count). The molecule has 1 saturated heterocycles. The van der Waals surface area contributed by atoms with E-state index in [1.165, 1.54) is 0 Å². The van der Waals surface area contributed by atoms with Gasteiger partial charge >= 0.3 is 0 Å². The fourth-order valence-electron chi connectivity index (χ4n) is 4.95. The number of fused-ring (bicyclic) bond motifs is 4. The lowest BCUT2D eigenvalue weighted by molar-refractivity contribution is 0.0781. The Balaban J connectivity index is 1.54. The zero-order valence-electron chi connectivity index (χ0n) is 17.8. The summed E-state index contributed by atoms with van der Waals surface area (Å²) in [6, 6.07) is 15.6. The minimum absolute atomic E-state index is 0.0255. The summed E-state index contributed by atoms with van der Waals surface area (Å²) in [4.78, 5) is 22.4. The molecule has 1 amide bonds. The van der Waals surface area contributed by atoms with Crippen LogP contribution in [0.3, 0.4) is 0 Å². The molecule has 0 bridgehead atoms. The van der Waals surface area contributed by atoms with E-state index in [1.807, 2.05) is 35.4 Å². The van der Waals surface area contributed by atoms with Crippen LogP contribution in [0.5, 0.6) is 5.75 Å². The molecule has 0 unspecified atom stereocenters. The third-order valence-corrected chi connectivity index (χ3v) is 6.40. The standard InChI is InChI=1S/C24H26N4O3/c1-30-15-14-28-20-8-4-11-25-22(20)27-12-5-9-21(27)24(28)10-13-26(17-24)23(29)18-6-3-7-19(16-18)31-2/h3-9,11-12,16H,10,13-15,17H2,1-2H3/t24-/m1/s1. The number of rotatable bonds is 5. The number of benzene rings is 1. The van der Waals surface area contributed by atoms with Gasteiger partial charge in [0.2, 0.25) is 0 Å². The Morgan fingerprint density at radius 3 is 2.90 bits per heavy atom. The molecular formula is C24H26N4O3. The third-order valence-electron chi connectivity index (χ3n) is 6.40. The minimum atomic E-state index is -0.327. The number of carbonyl (C=O) groups excluding carboxylic acids is 1. The molecule has 4 heterocycles. The van der Waals surface area contributed by atoms with Gasteiger partial charge in [-0.15, -0.1) is 0 Å². The molecule has 1 aromatic carbocycles. The first kappa shape index (κ1) is 19.6. The number of nitrogens with zero attached hydrogens (tertiary/aromatic N) is 4. The average molecular weight is 418 g/mol. The summed E-state index contributed by atoms with van der Waals surface area (Å²) in [5.74, 6) is 1.63. The largest absolute Gasteiger partial charge is 0.497 e. The molecule has 0 saturated carbocycles. The molecule has 31 heavy (non-hydrogen) atoms. The van der Waals surface area contributed by atoms with Crippen molar-refractivity contribution < 1.29 is 14.3 Å². The van der Waals surface area contributed by atoms with Crippen LogP contribution in [0.25, 0.3) is 5.82 Å². The predicted molar refractivity (Wildman–Crippen MR) is 118 cm³/mol. The monoisotopic (exact) mass is 418 g/mol. The molecule has 2 aliphatic rings. The van der Waals surface area contributed by atoms with Crippen molar-refractivity contribution in [1.29, 1.82) is 0 Å². The normalized spacial score (nSPS) is 19.4. The highest BCUT2D eigenvalue weighted by Gasteiger charge is 2.50. The van der Waals surface area contributed by atoms with Crippen molar-refractivity contribution in [3.63, 3.8) is 0 Å². The first-order chi connectivity index (χ1) is 15.2. The van der Waals surface area contributed by atoms with E-state index in [1.54, 1.807) is 20.3 Å². The van der Waals surface area contributed by atoms with Crippen LogP contribution in [0, 0.1) is 0 Å². The van der Waals surface area contributed by atoms with Gasteiger partial charge in [-0.25, -0.2) is 4.98 Å². The van der Waals surface area contributed by atoms with Crippen LogP contribution in [-0.2, 0) is 10.3 Å². The highest BCUT2D eigenvalue weighted by atomic mass is 16.5. The zero-order chi connectivity index (χ0) is 21.4. The van der Waals surface area contributed by atoms with Gasteiger partial charge < -0.3 is 23.8 Å². The molecule has 0 radical (unpaired) electrons. The highest BCUT2D eigenvalue weighted by Crippen LogP contribution is 2.47. The Kier molecular flexibility index (Phi) is 4.90. The van der Waals surface area contributed by atoms with Gasteiger partial charge in [-0.05, 0) is 48.9 Å². The number of ether oxygens (including phenoxy) is 2. The van der Waals surface area contributed by atoms with Crippen molar-refractivity contribution in [2.24, 2.45) is 0 Å². The summed E-state index contributed by atoms with van der Waals surface area (Å²) >= 11 is 0. The molecule has 0 N–H and O–H groups in total. The van der Waals surface area contributed by atoms with E-state index in [9.17, 15) is 4.79 Å². The van der Waals surface area contributed by atoms with E-state index in [2.05, 4.69) is 38.8 Å². The van der Waals surface area contributed by atoms with Crippen LogP contribution < -0.4 is 9.64 Å². The first-order valence-corrected chi connectivity index (χ1v) is 10.5. The van der Waals surface area contributed by atoms with Gasteiger partial charge in [0.25, 0.3) is 5.91 Å². The number of hydrogen-bond donors (Lipinski definition) is 0. The number of carbonyl (C=O) groups is 1. The summed E-state index contributed by atoms with van der Waals surface area (Å²) in [5.41, 5.74) is 2.55. The quantitative estimate of drug-likeness (QED) is 0.637. The van der Waals surface area contributed by atoms with Crippen LogP contribution in [0.1, 0.15) is 22.5 Å². The molecule has 7 heteroatoms. The van der Waals surface area contributed by atoms with E-state index >= 15 is 0 Å². The maximum absolute atomic E-state index is 13.4. The summed E-state index contributed by atoms with van der Waals surface area (Å²) < 4.78 is 12.9. The Bertz CT molecular complexity index is 1110. The van der Waals surface area contributed by atoms with E-state index < -0.39 is 0 Å². The van der Waals surface area contributed by atoms with Crippen molar-refractivity contribution in [3.05, 3.63) is 72.2 Å². The number of anilines is 1. The second kappa shape index (κ2) is 7.74.